The minimum atomic E-state index is -0.624. The maximum atomic E-state index is 11.5. The molecule has 0 aromatic carbocycles. The summed E-state index contributed by atoms with van der Waals surface area (Å²) in [4.78, 5) is 40.7. The lowest BCUT2D eigenvalue weighted by Gasteiger charge is -2.04. The SMILES string of the molecule is CC(C)n1c(=O)[nH]c2c(=O)[nH]c(=O)[nH]c21. The molecule has 80 valence electrons. The van der Waals surface area contributed by atoms with Crippen molar-refractivity contribution in [2.75, 3.05) is 0 Å². The summed E-state index contributed by atoms with van der Waals surface area (Å²) in [5.41, 5.74) is -1.31. The standard InChI is InChI=1S/C8H10N4O3/c1-3(2)12-5-4(9-8(12)15)6(13)11-7(14)10-5/h3H,1-2H3,(H,9,15)(H2,10,11,13,14). The summed E-state index contributed by atoms with van der Waals surface area (Å²) in [6.45, 7) is 3.57. The van der Waals surface area contributed by atoms with E-state index in [1.54, 1.807) is 13.8 Å². The summed E-state index contributed by atoms with van der Waals surface area (Å²) >= 11 is 0. The number of hydrogen-bond acceptors (Lipinski definition) is 3. The van der Waals surface area contributed by atoms with Gasteiger partial charge in [-0.25, -0.2) is 9.59 Å². The normalized spacial score (nSPS) is 11.4. The predicted molar refractivity (Wildman–Crippen MR) is 54.2 cm³/mol. The topological polar surface area (TPSA) is 104 Å². The van der Waals surface area contributed by atoms with E-state index in [1.165, 1.54) is 4.57 Å². The van der Waals surface area contributed by atoms with Gasteiger partial charge in [0, 0.05) is 6.04 Å². The van der Waals surface area contributed by atoms with Gasteiger partial charge >= 0.3 is 11.4 Å². The fraction of sp³-hybridized carbons (Fsp3) is 0.375. The van der Waals surface area contributed by atoms with Crippen LogP contribution >= 0.6 is 0 Å². The summed E-state index contributed by atoms with van der Waals surface area (Å²) in [6, 6.07) is -0.135. The monoisotopic (exact) mass is 210 g/mol. The number of rotatable bonds is 1. The van der Waals surface area contributed by atoms with Crippen molar-refractivity contribution in [2.45, 2.75) is 19.9 Å². The van der Waals surface area contributed by atoms with Gasteiger partial charge in [0.15, 0.2) is 5.52 Å². The van der Waals surface area contributed by atoms with E-state index in [2.05, 4.69) is 9.97 Å². The van der Waals surface area contributed by atoms with Gasteiger partial charge in [-0.15, -0.1) is 0 Å². The second-order valence-electron chi connectivity index (χ2n) is 3.53. The van der Waals surface area contributed by atoms with Gasteiger partial charge in [0.1, 0.15) is 5.65 Å². The van der Waals surface area contributed by atoms with Crippen LogP contribution in [0.25, 0.3) is 11.2 Å². The van der Waals surface area contributed by atoms with Crippen LogP contribution in [0.2, 0.25) is 0 Å². The van der Waals surface area contributed by atoms with Crippen LogP contribution < -0.4 is 16.9 Å². The number of fused-ring (bicyclic) bond motifs is 1. The third-order valence-corrected chi connectivity index (χ3v) is 2.13. The van der Waals surface area contributed by atoms with E-state index in [9.17, 15) is 14.4 Å². The molecule has 0 aliphatic rings. The van der Waals surface area contributed by atoms with E-state index in [-0.39, 0.29) is 17.2 Å². The maximum Gasteiger partial charge on any atom is 0.328 e. The van der Waals surface area contributed by atoms with Gasteiger partial charge in [-0.2, -0.15) is 0 Å². The first-order chi connectivity index (χ1) is 7.00. The van der Waals surface area contributed by atoms with Crippen LogP contribution in [0, 0.1) is 0 Å². The Balaban J connectivity index is 3.06. The Kier molecular flexibility index (Phi) is 1.88. The number of imidazole rings is 1. The van der Waals surface area contributed by atoms with Crippen LogP contribution in [0.4, 0.5) is 0 Å². The third kappa shape index (κ3) is 1.32. The Morgan fingerprint density at radius 1 is 1.07 bits per heavy atom. The summed E-state index contributed by atoms with van der Waals surface area (Å²) < 4.78 is 1.33. The molecule has 0 saturated carbocycles. The van der Waals surface area contributed by atoms with Gasteiger partial charge in [0.2, 0.25) is 0 Å². The summed E-state index contributed by atoms with van der Waals surface area (Å²) in [5.74, 6) is 0. The van der Waals surface area contributed by atoms with Crippen LogP contribution in [0.1, 0.15) is 19.9 Å². The highest BCUT2D eigenvalue weighted by Crippen LogP contribution is 2.06. The number of nitrogens with zero attached hydrogens (tertiary/aromatic N) is 1. The summed E-state index contributed by atoms with van der Waals surface area (Å²) in [6.07, 6.45) is 0. The average molecular weight is 210 g/mol. The van der Waals surface area contributed by atoms with Crippen molar-refractivity contribution in [3.63, 3.8) is 0 Å². The molecule has 0 aliphatic carbocycles. The van der Waals surface area contributed by atoms with Crippen LogP contribution in [-0.2, 0) is 0 Å². The van der Waals surface area contributed by atoms with E-state index in [0.29, 0.717) is 0 Å². The highest BCUT2D eigenvalue weighted by Gasteiger charge is 2.12. The fourth-order valence-electron chi connectivity index (χ4n) is 1.53. The Labute approximate surface area is 82.8 Å². The molecule has 0 spiro atoms. The number of H-pyrrole nitrogens is 3. The largest absolute Gasteiger partial charge is 0.328 e. The van der Waals surface area contributed by atoms with Crippen LogP contribution in [0.15, 0.2) is 14.4 Å². The number of nitrogens with one attached hydrogen (secondary N) is 3. The number of aromatic nitrogens is 4. The molecular weight excluding hydrogens is 200 g/mol. The molecule has 2 aromatic heterocycles. The molecule has 2 rings (SSSR count). The Hall–Kier alpha value is -2.05. The molecule has 3 N–H and O–H groups in total. The Bertz CT molecular complexity index is 669. The molecular formula is C8H10N4O3. The van der Waals surface area contributed by atoms with Crippen molar-refractivity contribution in [1.29, 1.82) is 0 Å². The van der Waals surface area contributed by atoms with Crippen molar-refractivity contribution in [2.24, 2.45) is 0 Å². The van der Waals surface area contributed by atoms with Gasteiger partial charge in [0.25, 0.3) is 5.56 Å². The van der Waals surface area contributed by atoms with Crippen molar-refractivity contribution >= 4 is 11.2 Å². The predicted octanol–water partition coefficient (Wildman–Crippen LogP) is -0.713. The van der Waals surface area contributed by atoms with Crippen molar-refractivity contribution in [1.82, 2.24) is 19.5 Å². The van der Waals surface area contributed by atoms with E-state index in [1.807, 2.05) is 4.98 Å². The van der Waals surface area contributed by atoms with E-state index in [0.717, 1.165) is 0 Å². The van der Waals surface area contributed by atoms with Crippen LogP contribution in [0.5, 0.6) is 0 Å². The number of aromatic amines is 3. The second-order valence-corrected chi connectivity index (χ2v) is 3.53. The van der Waals surface area contributed by atoms with E-state index < -0.39 is 16.9 Å². The molecule has 15 heavy (non-hydrogen) atoms. The van der Waals surface area contributed by atoms with Crippen LogP contribution in [-0.4, -0.2) is 19.5 Å². The molecule has 0 aliphatic heterocycles. The lowest BCUT2D eigenvalue weighted by molar-refractivity contribution is 0.592. The summed E-state index contributed by atoms with van der Waals surface area (Å²) in [5, 5.41) is 0. The quantitative estimate of drug-likeness (QED) is 0.579. The zero-order valence-corrected chi connectivity index (χ0v) is 8.25. The van der Waals surface area contributed by atoms with Gasteiger partial charge in [-0.05, 0) is 13.8 Å². The third-order valence-electron chi connectivity index (χ3n) is 2.13. The molecule has 7 nitrogen and oxygen atoms in total. The van der Waals surface area contributed by atoms with Gasteiger partial charge < -0.3 is 0 Å². The minimum Gasteiger partial charge on any atom is -0.300 e. The molecule has 0 bridgehead atoms. The van der Waals surface area contributed by atoms with E-state index >= 15 is 0 Å². The highest BCUT2D eigenvalue weighted by molar-refractivity contribution is 5.68. The lowest BCUT2D eigenvalue weighted by atomic mass is 10.4. The molecule has 0 fully saturated rings. The first-order valence-electron chi connectivity index (χ1n) is 4.47. The van der Waals surface area contributed by atoms with Crippen molar-refractivity contribution < 1.29 is 0 Å². The Morgan fingerprint density at radius 3 is 2.33 bits per heavy atom. The summed E-state index contributed by atoms with van der Waals surface area (Å²) in [7, 11) is 0. The minimum absolute atomic E-state index is 0.0910. The first kappa shape index (κ1) is 9.50. The highest BCUT2D eigenvalue weighted by atomic mass is 16.2. The molecule has 0 radical (unpaired) electrons. The van der Waals surface area contributed by atoms with Gasteiger partial charge in [0.05, 0.1) is 0 Å². The second kappa shape index (κ2) is 2.97. The zero-order chi connectivity index (χ0) is 11.2. The molecule has 2 aromatic rings. The first-order valence-corrected chi connectivity index (χ1v) is 4.47. The fourth-order valence-corrected chi connectivity index (χ4v) is 1.53. The van der Waals surface area contributed by atoms with Gasteiger partial charge in [-0.3, -0.25) is 24.3 Å². The van der Waals surface area contributed by atoms with Crippen LogP contribution in [0.3, 0.4) is 0 Å². The molecule has 0 amide bonds. The lowest BCUT2D eigenvalue weighted by Crippen LogP contribution is -2.23. The number of hydrogen-bond donors (Lipinski definition) is 3. The maximum absolute atomic E-state index is 11.5. The zero-order valence-electron chi connectivity index (χ0n) is 8.25. The average Bonchev–Trinajstić information content (AvgIpc) is 2.41. The van der Waals surface area contributed by atoms with Gasteiger partial charge in [-0.1, -0.05) is 0 Å². The molecule has 0 saturated heterocycles. The molecule has 0 unspecified atom stereocenters. The molecule has 0 atom stereocenters. The Morgan fingerprint density at radius 2 is 1.73 bits per heavy atom. The molecule has 7 heteroatoms. The smallest absolute Gasteiger partial charge is 0.300 e. The van der Waals surface area contributed by atoms with E-state index in [4.69, 9.17) is 0 Å². The van der Waals surface area contributed by atoms with Crippen molar-refractivity contribution in [3.05, 3.63) is 31.3 Å². The molecule has 2 heterocycles. The van der Waals surface area contributed by atoms with Crippen molar-refractivity contribution in [3.8, 4) is 0 Å².